The Morgan fingerprint density at radius 3 is 1.60 bits per heavy atom. The molecule has 2 heteroatoms. The van der Waals surface area contributed by atoms with Crippen LogP contribution in [0, 0.1) is 0 Å². The highest BCUT2D eigenvalue weighted by Crippen LogP contribution is 2.56. The molecule has 0 N–H and O–H groups in total. The molecule has 324 valence electrons. The first-order chi connectivity index (χ1) is 33.2. The second kappa shape index (κ2) is 15.2. The molecule has 0 radical (unpaired) electrons. The van der Waals surface area contributed by atoms with Crippen molar-refractivity contribution in [1.29, 1.82) is 0 Å². The minimum absolute atomic E-state index is 0.175. The van der Waals surface area contributed by atoms with Gasteiger partial charge in [-0.3, -0.25) is 0 Å². The van der Waals surface area contributed by atoms with Crippen LogP contribution in [0.1, 0.15) is 49.9 Å². The van der Waals surface area contributed by atoms with Crippen LogP contribution in [0.2, 0.25) is 0 Å². The van der Waals surface area contributed by atoms with Crippen molar-refractivity contribution in [1.82, 2.24) is 0 Å². The Morgan fingerprint density at radius 2 is 0.838 bits per heavy atom. The van der Waals surface area contributed by atoms with Crippen molar-refractivity contribution in [2.24, 2.45) is 0 Å². The molecule has 0 saturated heterocycles. The lowest BCUT2D eigenvalue weighted by Gasteiger charge is -2.32. The van der Waals surface area contributed by atoms with Crippen LogP contribution < -0.4 is 4.90 Å². The molecule has 0 atom stereocenters. The van der Waals surface area contributed by atoms with Crippen LogP contribution in [0.15, 0.2) is 229 Å². The lowest BCUT2D eigenvalue weighted by molar-refractivity contribution is 0.661. The van der Waals surface area contributed by atoms with E-state index in [1.807, 2.05) is 6.07 Å². The van der Waals surface area contributed by atoms with Crippen molar-refractivity contribution in [3.05, 3.63) is 247 Å². The van der Waals surface area contributed by atoms with E-state index in [0.29, 0.717) is 0 Å². The first kappa shape index (κ1) is 40.1. The van der Waals surface area contributed by atoms with Gasteiger partial charge in [0.15, 0.2) is 0 Å². The third-order valence-electron chi connectivity index (χ3n) is 15.0. The SMILES string of the molecule is CC1(C)c2ccc(-c3ccc(N(c4ccc(-c5cccc6oc7ccccc7c56)cc4)c4cccc5c4C(C)(C)c4ccccc4-5)cc3)cc2-c2cc(-c3ccccc3)cc(-c3ccccc3)c21. The zero-order valence-electron chi connectivity index (χ0n) is 38.7. The molecule has 10 aromatic carbocycles. The molecule has 2 aliphatic rings. The van der Waals surface area contributed by atoms with Gasteiger partial charge in [0, 0.05) is 33.0 Å². The smallest absolute Gasteiger partial charge is 0.136 e. The fourth-order valence-corrected chi connectivity index (χ4v) is 11.8. The maximum Gasteiger partial charge on any atom is 0.136 e. The molecule has 1 heterocycles. The lowest BCUT2D eigenvalue weighted by Crippen LogP contribution is -2.20. The molecule has 0 bridgehead atoms. The van der Waals surface area contributed by atoms with Crippen LogP contribution in [0.25, 0.3) is 88.7 Å². The first-order valence-corrected chi connectivity index (χ1v) is 23.8. The van der Waals surface area contributed by atoms with E-state index in [1.165, 1.54) is 89.1 Å². The van der Waals surface area contributed by atoms with Crippen LogP contribution in [-0.2, 0) is 10.8 Å². The number of fused-ring (bicyclic) bond motifs is 9. The van der Waals surface area contributed by atoms with Gasteiger partial charge in [-0.05, 0) is 150 Å². The van der Waals surface area contributed by atoms with Gasteiger partial charge in [0.05, 0.1) is 5.69 Å². The van der Waals surface area contributed by atoms with Gasteiger partial charge in [-0.1, -0.05) is 191 Å². The summed E-state index contributed by atoms with van der Waals surface area (Å²) in [6.07, 6.45) is 0. The highest BCUT2D eigenvalue weighted by molar-refractivity contribution is 6.12. The minimum Gasteiger partial charge on any atom is -0.456 e. The van der Waals surface area contributed by atoms with Gasteiger partial charge in [-0.2, -0.15) is 0 Å². The van der Waals surface area contributed by atoms with Crippen molar-refractivity contribution in [2.45, 2.75) is 38.5 Å². The van der Waals surface area contributed by atoms with Gasteiger partial charge in [0.1, 0.15) is 11.2 Å². The minimum atomic E-state index is -0.201. The van der Waals surface area contributed by atoms with Crippen LogP contribution in [0.3, 0.4) is 0 Å². The second-order valence-corrected chi connectivity index (χ2v) is 19.6. The molecule has 0 amide bonds. The number of furan rings is 1. The maximum absolute atomic E-state index is 6.30. The molecule has 13 rings (SSSR count). The van der Waals surface area contributed by atoms with E-state index >= 15 is 0 Å². The highest BCUT2D eigenvalue weighted by Gasteiger charge is 2.40. The van der Waals surface area contributed by atoms with Gasteiger partial charge in [0.2, 0.25) is 0 Å². The van der Waals surface area contributed by atoms with Gasteiger partial charge in [-0.15, -0.1) is 0 Å². The van der Waals surface area contributed by atoms with Crippen molar-refractivity contribution in [3.63, 3.8) is 0 Å². The summed E-state index contributed by atoms with van der Waals surface area (Å²) in [6.45, 7) is 9.53. The van der Waals surface area contributed by atoms with E-state index in [4.69, 9.17) is 4.42 Å². The fraction of sp³-hybridized carbons (Fsp3) is 0.0909. The third-order valence-corrected chi connectivity index (χ3v) is 15.0. The van der Waals surface area contributed by atoms with Gasteiger partial charge < -0.3 is 9.32 Å². The number of para-hydroxylation sites is 1. The Morgan fingerprint density at radius 1 is 0.324 bits per heavy atom. The standard InChI is InChI=1S/C66H49NO/c1-65(2)58-38-33-46(39-55(58)56-41-47(42-17-7-5-8-18-42)40-54(63(56)65)44-19-9-6-10-20-44)43-29-34-48(35-30-43)67(59-26-15-24-52-51-21-11-13-25-57(51)66(3,4)64(52)59)49-36-31-45(32-37-49)50-23-16-28-61-62(50)53-22-12-14-27-60(53)68-61/h5-41H,1-4H3. The van der Waals surface area contributed by atoms with E-state index in [2.05, 4.69) is 251 Å². The summed E-state index contributed by atoms with van der Waals surface area (Å²) < 4.78 is 6.30. The highest BCUT2D eigenvalue weighted by atomic mass is 16.3. The number of hydrogen-bond donors (Lipinski definition) is 0. The molecule has 11 aromatic rings. The Hall–Kier alpha value is -8.20. The molecular weight excluding hydrogens is 823 g/mol. The van der Waals surface area contributed by atoms with Gasteiger partial charge in [0.25, 0.3) is 0 Å². The zero-order valence-corrected chi connectivity index (χ0v) is 38.7. The van der Waals surface area contributed by atoms with E-state index in [9.17, 15) is 0 Å². The van der Waals surface area contributed by atoms with E-state index in [1.54, 1.807) is 0 Å². The number of hydrogen-bond acceptors (Lipinski definition) is 2. The number of benzene rings is 10. The normalized spacial score (nSPS) is 13.8. The molecule has 0 fully saturated rings. The predicted molar refractivity (Wildman–Crippen MR) is 285 cm³/mol. The van der Waals surface area contributed by atoms with Crippen molar-refractivity contribution in [3.8, 4) is 66.8 Å². The Bertz CT molecular complexity index is 3760. The maximum atomic E-state index is 6.30. The molecule has 0 aliphatic heterocycles. The van der Waals surface area contributed by atoms with Crippen LogP contribution >= 0.6 is 0 Å². The van der Waals surface area contributed by atoms with Crippen LogP contribution in [0.4, 0.5) is 17.1 Å². The molecule has 2 aliphatic carbocycles. The van der Waals surface area contributed by atoms with Crippen LogP contribution in [0.5, 0.6) is 0 Å². The second-order valence-electron chi connectivity index (χ2n) is 19.6. The predicted octanol–water partition coefficient (Wildman–Crippen LogP) is 18.3. The third kappa shape index (κ3) is 6.10. The van der Waals surface area contributed by atoms with Gasteiger partial charge >= 0.3 is 0 Å². The molecule has 0 spiro atoms. The summed E-state index contributed by atoms with van der Waals surface area (Å²) in [6, 6.07) is 82.5. The molecule has 0 unspecified atom stereocenters. The van der Waals surface area contributed by atoms with Crippen molar-refractivity contribution < 1.29 is 4.42 Å². The van der Waals surface area contributed by atoms with Gasteiger partial charge in [-0.25, -0.2) is 0 Å². The summed E-state index contributed by atoms with van der Waals surface area (Å²) in [5.74, 6) is 0. The lowest BCUT2D eigenvalue weighted by atomic mass is 9.78. The topological polar surface area (TPSA) is 16.4 Å². The monoisotopic (exact) mass is 871 g/mol. The summed E-state index contributed by atoms with van der Waals surface area (Å²) in [5.41, 5.74) is 25.3. The average molecular weight is 872 g/mol. The Balaban J connectivity index is 0.933. The van der Waals surface area contributed by atoms with Crippen molar-refractivity contribution >= 4 is 39.0 Å². The quantitative estimate of drug-likeness (QED) is 0.159. The number of nitrogens with zero attached hydrogens (tertiary/aromatic N) is 1. The summed E-state index contributed by atoms with van der Waals surface area (Å²) >= 11 is 0. The largest absolute Gasteiger partial charge is 0.456 e. The summed E-state index contributed by atoms with van der Waals surface area (Å²) in [4.78, 5) is 2.46. The molecule has 0 saturated carbocycles. The Labute approximate surface area is 398 Å². The van der Waals surface area contributed by atoms with E-state index in [0.717, 1.165) is 38.9 Å². The van der Waals surface area contributed by atoms with Crippen LogP contribution in [-0.4, -0.2) is 0 Å². The first-order valence-electron chi connectivity index (χ1n) is 23.8. The number of anilines is 3. The summed E-state index contributed by atoms with van der Waals surface area (Å²) in [5, 5.41) is 2.28. The van der Waals surface area contributed by atoms with E-state index in [-0.39, 0.29) is 10.8 Å². The molecule has 2 nitrogen and oxygen atoms in total. The summed E-state index contributed by atoms with van der Waals surface area (Å²) in [7, 11) is 0. The average Bonchev–Trinajstić information content (AvgIpc) is 3.97. The molecular formula is C66H49NO. The zero-order chi connectivity index (χ0) is 45.7. The van der Waals surface area contributed by atoms with E-state index < -0.39 is 0 Å². The fourth-order valence-electron chi connectivity index (χ4n) is 11.8. The number of rotatable bonds is 7. The molecule has 68 heavy (non-hydrogen) atoms. The molecule has 1 aromatic heterocycles. The van der Waals surface area contributed by atoms with Crippen molar-refractivity contribution in [2.75, 3.05) is 4.90 Å². The Kier molecular flexibility index (Phi) is 8.95.